The number of fused-ring (bicyclic) bond motifs is 3. The first-order valence-electron chi connectivity index (χ1n) is 8.75. The molecule has 2 saturated heterocycles. The summed E-state index contributed by atoms with van der Waals surface area (Å²) in [6, 6.07) is 0. The summed E-state index contributed by atoms with van der Waals surface area (Å²) in [5.41, 5.74) is -2.34. The lowest BCUT2D eigenvalue weighted by molar-refractivity contribution is -0.274. The molecule has 1 aliphatic carbocycles. The normalized spacial score (nSPS) is 46.0. The largest absolute Gasteiger partial charge is 0.460 e. The van der Waals surface area contributed by atoms with E-state index in [1.54, 1.807) is 13.8 Å². The standard InChI is InChI=1S/C17H24Cl4O6/c1-8(22)24-9-5-15(4,7-16(19,20)21)10(6-18)17(23)11(9)25-13-12(17)26-14(2,3)27-13/h9-13,23H,5-7H2,1-4H3/t9-,10-,11-,12+,13-,15+,17-/m1/s1. The van der Waals surface area contributed by atoms with Crippen LogP contribution in [0.3, 0.4) is 0 Å². The van der Waals surface area contributed by atoms with E-state index in [-0.39, 0.29) is 12.3 Å². The van der Waals surface area contributed by atoms with E-state index in [9.17, 15) is 9.90 Å². The topological polar surface area (TPSA) is 74.2 Å². The molecule has 0 spiro atoms. The van der Waals surface area contributed by atoms with Crippen LogP contribution in [0.1, 0.15) is 40.5 Å². The molecule has 27 heavy (non-hydrogen) atoms. The first-order chi connectivity index (χ1) is 12.2. The highest BCUT2D eigenvalue weighted by atomic mass is 35.6. The summed E-state index contributed by atoms with van der Waals surface area (Å²) < 4.78 is 21.6. The maximum atomic E-state index is 11.9. The Morgan fingerprint density at radius 2 is 1.85 bits per heavy atom. The van der Waals surface area contributed by atoms with Crippen molar-refractivity contribution in [1.82, 2.24) is 0 Å². The quantitative estimate of drug-likeness (QED) is 0.507. The van der Waals surface area contributed by atoms with Gasteiger partial charge in [-0.2, -0.15) is 0 Å². The minimum atomic E-state index is -1.58. The van der Waals surface area contributed by atoms with E-state index in [0.29, 0.717) is 6.42 Å². The molecule has 2 heterocycles. The van der Waals surface area contributed by atoms with Gasteiger partial charge in [-0.25, -0.2) is 0 Å². The zero-order valence-corrected chi connectivity index (χ0v) is 18.5. The van der Waals surface area contributed by atoms with E-state index in [4.69, 9.17) is 65.4 Å². The Kier molecular flexibility index (Phi) is 5.76. The lowest BCUT2D eigenvalue weighted by Crippen LogP contribution is -2.67. The number of rotatable bonds is 3. The van der Waals surface area contributed by atoms with Crippen molar-refractivity contribution >= 4 is 52.4 Å². The third-order valence-corrected chi connectivity index (χ3v) is 6.44. The van der Waals surface area contributed by atoms with Crippen LogP contribution >= 0.6 is 46.4 Å². The number of esters is 1. The molecule has 3 rings (SSSR count). The summed E-state index contributed by atoms with van der Waals surface area (Å²) in [5.74, 6) is -1.90. The van der Waals surface area contributed by atoms with Crippen LogP contribution in [0.25, 0.3) is 0 Å². The Morgan fingerprint density at radius 3 is 2.37 bits per heavy atom. The van der Waals surface area contributed by atoms with Gasteiger partial charge in [-0.05, 0) is 25.7 Å². The first kappa shape index (κ1) is 22.2. The maximum Gasteiger partial charge on any atom is 0.302 e. The highest BCUT2D eigenvalue weighted by Crippen LogP contribution is 2.60. The molecular weight excluding hydrogens is 442 g/mol. The smallest absolute Gasteiger partial charge is 0.302 e. The molecule has 1 N–H and O–H groups in total. The van der Waals surface area contributed by atoms with Crippen LogP contribution in [-0.4, -0.2) is 56.7 Å². The number of hydrogen-bond donors (Lipinski definition) is 1. The van der Waals surface area contributed by atoms with Gasteiger partial charge in [0.15, 0.2) is 15.9 Å². The fourth-order valence-corrected chi connectivity index (χ4v) is 6.42. The van der Waals surface area contributed by atoms with Gasteiger partial charge in [0.1, 0.15) is 23.9 Å². The highest BCUT2D eigenvalue weighted by molar-refractivity contribution is 6.67. The number of aliphatic hydroxyl groups is 1. The molecule has 0 aromatic heterocycles. The van der Waals surface area contributed by atoms with Crippen molar-refractivity contribution in [1.29, 1.82) is 0 Å². The van der Waals surface area contributed by atoms with Crippen LogP contribution in [0, 0.1) is 11.3 Å². The van der Waals surface area contributed by atoms with Gasteiger partial charge >= 0.3 is 5.97 Å². The molecule has 6 nitrogen and oxygen atoms in total. The van der Waals surface area contributed by atoms with Crippen LogP contribution in [-0.2, 0) is 23.7 Å². The number of carbonyl (C=O) groups is 1. The molecule has 0 aromatic rings. The molecule has 3 aliphatic rings. The summed E-state index contributed by atoms with van der Waals surface area (Å²) in [4.78, 5) is 11.7. The Labute approximate surface area is 178 Å². The molecular formula is C17H24Cl4O6. The fourth-order valence-electron chi connectivity index (χ4n) is 4.89. The third kappa shape index (κ3) is 3.93. The van der Waals surface area contributed by atoms with E-state index < -0.39 is 57.1 Å². The SMILES string of the molecule is CC(=O)O[C@@H]1C[C@@](C)(CC(Cl)(Cl)Cl)[C@@H](CCl)[C@@]2(O)[C@@H]1O[C@@H]1OC(C)(C)O[C@@H]12. The summed E-state index contributed by atoms with van der Waals surface area (Å²) in [6.45, 7) is 6.62. The molecule has 0 bridgehead atoms. The van der Waals surface area contributed by atoms with Gasteiger partial charge in [0.25, 0.3) is 0 Å². The Balaban J connectivity index is 2.05. The average molecular weight is 466 g/mol. The summed E-state index contributed by atoms with van der Waals surface area (Å²) >= 11 is 24.6. The lowest BCUT2D eigenvalue weighted by Gasteiger charge is -2.55. The number of alkyl halides is 4. The highest BCUT2D eigenvalue weighted by Gasteiger charge is 2.73. The minimum Gasteiger partial charge on any atom is -0.460 e. The van der Waals surface area contributed by atoms with Crippen LogP contribution in [0.4, 0.5) is 0 Å². The second kappa shape index (κ2) is 7.02. The zero-order valence-electron chi connectivity index (χ0n) is 15.5. The van der Waals surface area contributed by atoms with E-state index in [0.717, 1.165) is 0 Å². The lowest BCUT2D eigenvalue weighted by atomic mass is 9.57. The molecule has 1 saturated carbocycles. The van der Waals surface area contributed by atoms with Gasteiger partial charge in [-0.3, -0.25) is 4.79 Å². The van der Waals surface area contributed by atoms with E-state index in [2.05, 4.69) is 0 Å². The predicted octanol–water partition coefficient (Wildman–Crippen LogP) is 3.55. The third-order valence-electron chi connectivity index (χ3n) is 5.73. The van der Waals surface area contributed by atoms with Crippen LogP contribution in [0.5, 0.6) is 0 Å². The van der Waals surface area contributed by atoms with Crippen molar-refractivity contribution in [3.05, 3.63) is 0 Å². The molecule has 0 amide bonds. The summed E-state index contributed by atoms with van der Waals surface area (Å²) in [7, 11) is 0. The second-order valence-corrected chi connectivity index (χ2v) is 11.2. The van der Waals surface area contributed by atoms with Gasteiger partial charge in [-0.1, -0.05) is 41.7 Å². The van der Waals surface area contributed by atoms with Gasteiger partial charge in [0.05, 0.1) is 0 Å². The Bertz CT molecular complexity index is 611. The van der Waals surface area contributed by atoms with Gasteiger partial charge in [-0.15, -0.1) is 11.6 Å². The minimum absolute atomic E-state index is 0.0768. The average Bonchev–Trinajstić information content (AvgIpc) is 2.88. The molecule has 2 aliphatic heterocycles. The summed E-state index contributed by atoms with van der Waals surface area (Å²) in [6.07, 6.45) is -2.82. The van der Waals surface area contributed by atoms with Crippen LogP contribution in [0.2, 0.25) is 0 Å². The molecule has 7 atom stereocenters. The number of carbonyl (C=O) groups excluding carboxylic acids is 1. The van der Waals surface area contributed by atoms with Crippen molar-refractivity contribution in [2.24, 2.45) is 11.3 Å². The number of ether oxygens (including phenoxy) is 4. The van der Waals surface area contributed by atoms with E-state index in [1.807, 2.05) is 6.92 Å². The van der Waals surface area contributed by atoms with Crippen LogP contribution < -0.4 is 0 Å². The van der Waals surface area contributed by atoms with Gasteiger partial charge < -0.3 is 24.1 Å². The Hall–Kier alpha value is 0.470. The summed E-state index contributed by atoms with van der Waals surface area (Å²) in [5, 5.41) is 11.9. The van der Waals surface area contributed by atoms with E-state index in [1.165, 1.54) is 6.92 Å². The number of halogens is 4. The van der Waals surface area contributed by atoms with E-state index >= 15 is 0 Å². The van der Waals surface area contributed by atoms with Crippen LogP contribution in [0.15, 0.2) is 0 Å². The molecule has 156 valence electrons. The monoisotopic (exact) mass is 464 g/mol. The maximum absolute atomic E-state index is 11.9. The van der Waals surface area contributed by atoms with Crippen molar-refractivity contribution in [2.75, 3.05) is 5.88 Å². The van der Waals surface area contributed by atoms with Gasteiger partial charge in [0, 0.05) is 25.1 Å². The second-order valence-electron chi connectivity index (χ2n) is 8.37. The van der Waals surface area contributed by atoms with Gasteiger partial charge in [0.2, 0.25) is 0 Å². The van der Waals surface area contributed by atoms with Crippen molar-refractivity contribution in [3.8, 4) is 0 Å². The predicted molar refractivity (Wildman–Crippen MR) is 101 cm³/mol. The van der Waals surface area contributed by atoms with Crippen molar-refractivity contribution < 1.29 is 28.8 Å². The molecule has 0 radical (unpaired) electrons. The molecule has 3 fully saturated rings. The Morgan fingerprint density at radius 1 is 1.22 bits per heavy atom. The first-order valence-corrected chi connectivity index (χ1v) is 10.4. The molecule has 0 aromatic carbocycles. The number of hydrogen-bond acceptors (Lipinski definition) is 6. The molecule has 10 heteroatoms. The fraction of sp³-hybridized carbons (Fsp3) is 0.941. The zero-order chi connectivity index (χ0) is 20.4. The van der Waals surface area contributed by atoms with Crippen molar-refractivity contribution in [3.63, 3.8) is 0 Å². The molecule has 0 unspecified atom stereocenters. The van der Waals surface area contributed by atoms with Crippen molar-refractivity contribution in [2.45, 2.75) is 80.3 Å².